The lowest BCUT2D eigenvalue weighted by Crippen LogP contribution is -2.38. The first-order valence-corrected chi connectivity index (χ1v) is 9.89. The maximum atomic E-state index is 12.4. The molecular weight excluding hydrogens is 428 g/mol. The number of ether oxygens (including phenoxy) is 2. The number of nitro benzene ring substituents is 1. The van der Waals surface area contributed by atoms with Crippen molar-refractivity contribution in [1.29, 1.82) is 0 Å². The summed E-state index contributed by atoms with van der Waals surface area (Å²) in [7, 11) is 0. The standard InChI is InChI=1S/C20H21ClN4O6/c1-2-24(11-19(26)22-13-3-5-15(21)16(9-13)25(28)29)12-20(27)23-14-4-6-17-18(10-14)31-8-7-30-17/h3-6,9-10H,2,7-8,11-12H2,1H3,(H,22,26)(H,23,27). The number of hydrogen-bond acceptors (Lipinski definition) is 7. The zero-order valence-corrected chi connectivity index (χ0v) is 17.5. The Balaban J connectivity index is 1.54. The SMILES string of the molecule is CCN(CC(=O)Nc1ccc2c(c1)OCCO2)CC(=O)Nc1ccc(Cl)c([N+](=O)[O-])c1. The van der Waals surface area contributed by atoms with Crippen molar-refractivity contribution in [3.05, 3.63) is 51.5 Å². The van der Waals surface area contributed by atoms with Crippen molar-refractivity contribution >= 4 is 40.5 Å². The second-order valence-electron chi connectivity index (χ2n) is 6.68. The molecule has 164 valence electrons. The molecule has 1 aliphatic rings. The monoisotopic (exact) mass is 448 g/mol. The molecule has 10 nitrogen and oxygen atoms in total. The lowest BCUT2D eigenvalue weighted by molar-refractivity contribution is -0.384. The molecule has 0 atom stereocenters. The van der Waals surface area contributed by atoms with Gasteiger partial charge < -0.3 is 20.1 Å². The molecule has 0 fully saturated rings. The van der Waals surface area contributed by atoms with Crippen molar-refractivity contribution in [3.8, 4) is 11.5 Å². The topological polar surface area (TPSA) is 123 Å². The highest BCUT2D eigenvalue weighted by atomic mass is 35.5. The summed E-state index contributed by atoms with van der Waals surface area (Å²) in [5, 5.41) is 16.3. The van der Waals surface area contributed by atoms with Gasteiger partial charge in [0.05, 0.1) is 18.0 Å². The van der Waals surface area contributed by atoms with E-state index >= 15 is 0 Å². The summed E-state index contributed by atoms with van der Waals surface area (Å²) in [6.45, 7) is 3.11. The molecule has 0 aromatic heterocycles. The van der Waals surface area contributed by atoms with E-state index in [4.69, 9.17) is 21.1 Å². The minimum atomic E-state index is -0.626. The Hall–Kier alpha value is -3.37. The number of benzene rings is 2. The first-order chi connectivity index (χ1) is 14.9. The summed E-state index contributed by atoms with van der Waals surface area (Å²) in [6.07, 6.45) is 0. The van der Waals surface area contributed by atoms with Gasteiger partial charge in [-0.15, -0.1) is 0 Å². The third kappa shape index (κ3) is 6.06. The summed E-state index contributed by atoms with van der Waals surface area (Å²) in [6, 6.07) is 9.11. The predicted octanol–water partition coefficient (Wildman–Crippen LogP) is 2.92. The van der Waals surface area contributed by atoms with Gasteiger partial charge in [0.1, 0.15) is 18.2 Å². The second-order valence-corrected chi connectivity index (χ2v) is 7.09. The quantitative estimate of drug-likeness (QED) is 0.470. The number of nitrogens with zero attached hydrogens (tertiary/aromatic N) is 2. The molecule has 0 spiro atoms. The van der Waals surface area contributed by atoms with Crippen LogP contribution in [-0.4, -0.2) is 54.5 Å². The van der Waals surface area contributed by atoms with E-state index in [9.17, 15) is 19.7 Å². The number of nitro groups is 1. The highest BCUT2D eigenvalue weighted by Gasteiger charge is 2.17. The van der Waals surface area contributed by atoms with Crippen LogP contribution in [0.4, 0.5) is 17.1 Å². The molecule has 0 radical (unpaired) electrons. The molecule has 1 heterocycles. The minimum Gasteiger partial charge on any atom is -0.486 e. The van der Waals surface area contributed by atoms with E-state index in [0.29, 0.717) is 36.9 Å². The number of nitrogens with one attached hydrogen (secondary N) is 2. The number of fused-ring (bicyclic) bond motifs is 1. The van der Waals surface area contributed by atoms with E-state index < -0.39 is 10.8 Å². The van der Waals surface area contributed by atoms with Crippen LogP contribution in [0, 0.1) is 10.1 Å². The molecule has 2 amide bonds. The molecule has 0 aliphatic carbocycles. The molecule has 3 rings (SSSR count). The van der Waals surface area contributed by atoms with Crippen LogP contribution >= 0.6 is 11.6 Å². The fourth-order valence-corrected chi connectivity index (χ4v) is 3.12. The average Bonchev–Trinajstić information content (AvgIpc) is 2.74. The molecule has 0 unspecified atom stereocenters. The van der Waals surface area contributed by atoms with Crippen molar-refractivity contribution in [2.45, 2.75) is 6.92 Å². The largest absolute Gasteiger partial charge is 0.486 e. The van der Waals surface area contributed by atoms with Gasteiger partial charge in [0.25, 0.3) is 5.69 Å². The number of anilines is 2. The van der Waals surface area contributed by atoms with E-state index in [2.05, 4.69) is 10.6 Å². The summed E-state index contributed by atoms with van der Waals surface area (Å²) in [5.74, 6) is 0.477. The number of carbonyl (C=O) groups excluding carboxylic acids is 2. The van der Waals surface area contributed by atoms with Crippen molar-refractivity contribution in [3.63, 3.8) is 0 Å². The first kappa shape index (κ1) is 22.3. The number of rotatable bonds is 8. The molecule has 31 heavy (non-hydrogen) atoms. The maximum absolute atomic E-state index is 12.4. The van der Waals surface area contributed by atoms with Crippen LogP contribution in [0.5, 0.6) is 11.5 Å². The van der Waals surface area contributed by atoms with Gasteiger partial charge >= 0.3 is 0 Å². The zero-order chi connectivity index (χ0) is 22.4. The fraction of sp³-hybridized carbons (Fsp3) is 0.300. The van der Waals surface area contributed by atoms with Gasteiger partial charge in [0.2, 0.25) is 11.8 Å². The molecule has 0 bridgehead atoms. The smallest absolute Gasteiger partial charge is 0.289 e. The van der Waals surface area contributed by atoms with Crippen LogP contribution in [0.3, 0.4) is 0 Å². The van der Waals surface area contributed by atoms with Gasteiger partial charge in [0, 0.05) is 23.5 Å². The summed E-state index contributed by atoms with van der Waals surface area (Å²) in [4.78, 5) is 36.7. The molecule has 11 heteroatoms. The Morgan fingerprint density at radius 1 is 1.03 bits per heavy atom. The first-order valence-electron chi connectivity index (χ1n) is 9.51. The highest BCUT2D eigenvalue weighted by molar-refractivity contribution is 6.32. The summed E-state index contributed by atoms with van der Waals surface area (Å²) >= 11 is 5.78. The average molecular weight is 449 g/mol. The van der Waals surface area contributed by atoms with Crippen LogP contribution in [0.1, 0.15) is 6.92 Å². The maximum Gasteiger partial charge on any atom is 0.289 e. The van der Waals surface area contributed by atoms with Gasteiger partial charge in [0.15, 0.2) is 11.5 Å². The van der Waals surface area contributed by atoms with E-state index in [0.717, 1.165) is 0 Å². The van der Waals surface area contributed by atoms with Crippen molar-refractivity contribution < 1.29 is 24.0 Å². The van der Waals surface area contributed by atoms with Gasteiger partial charge in [-0.3, -0.25) is 24.6 Å². The number of amides is 2. The Morgan fingerprint density at radius 3 is 2.23 bits per heavy atom. The van der Waals surface area contributed by atoms with Crippen LogP contribution in [0.2, 0.25) is 5.02 Å². The molecule has 0 saturated heterocycles. The molecule has 2 aromatic rings. The third-order valence-electron chi connectivity index (χ3n) is 4.43. The fourth-order valence-electron chi connectivity index (χ4n) is 2.94. The zero-order valence-electron chi connectivity index (χ0n) is 16.7. The number of carbonyl (C=O) groups is 2. The Kier molecular flexibility index (Phi) is 7.27. The van der Waals surface area contributed by atoms with Crippen molar-refractivity contribution in [2.75, 3.05) is 43.5 Å². The van der Waals surface area contributed by atoms with Crippen molar-refractivity contribution in [2.24, 2.45) is 0 Å². The minimum absolute atomic E-state index is 0.0148. The van der Waals surface area contributed by atoms with Crippen molar-refractivity contribution in [1.82, 2.24) is 4.90 Å². The van der Waals surface area contributed by atoms with Gasteiger partial charge in [-0.25, -0.2) is 0 Å². The van der Waals surface area contributed by atoms with Gasteiger partial charge in [-0.2, -0.15) is 0 Å². The molecule has 0 saturated carbocycles. The van der Waals surface area contributed by atoms with E-state index in [-0.39, 0.29) is 35.4 Å². The lowest BCUT2D eigenvalue weighted by Gasteiger charge is -2.21. The second kappa shape index (κ2) is 10.1. The molecule has 1 aliphatic heterocycles. The predicted molar refractivity (Wildman–Crippen MR) is 115 cm³/mol. The molecule has 2 aromatic carbocycles. The van der Waals surface area contributed by atoms with Crippen LogP contribution in [-0.2, 0) is 9.59 Å². The highest BCUT2D eigenvalue weighted by Crippen LogP contribution is 2.32. The van der Waals surface area contributed by atoms with Gasteiger partial charge in [-0.05, 0) is 30.8 Å². The Labute approximate surface area is 183 Å². The van der Waals surface area contributed by atoms with Gasteiger partial charge in [-0.1, -0.05) is 18.5 Å². The van der Waals surface area contributed by atoms with E-state index in [1.807, 2.05) is 6.92 Å². The normalized spacial score (nSPS) is 12.4. The van der Waals surface area contributed by atoms with Crippen LogP contribution in [0.25, 0.3) is 0 Å². The summed E-state index contributed by atoms with van der Waals surface area (Å²) in [5.41, 5.74) is 0.506. The lowest BCUT2D eigenvalue weighted by atomic mass is 10.2. The van der Waals surface area contributed by atoms with Crippen LogP contribution in [0.15, 0.2) is 36.4 Å². The molecular formula is C20H21ClN4O6. The number of likely N-dealkylation sites (N-methyl/N-ethyl adjacent to an activating group) is 1. The van der Waals surface area contributed by atoms with E-state index in [1.165, 1.54) is 18.2 Å². The van der Waals surface area contributed by atoms with E-state index in [1.54, 1.807) is 23.1 Å². The Morgan fingerprint density at radius 2 is 1.61 bits per heavy atom. The number of halogens is 1. The number of hydrogen-bond donors (Lipinski definition) is 2. The van der Waals surface area contributed by atoms with Crippen LogP contribution < -0.4 is 20.1 Å². The third-order valence-corrected chi connectivity index (χ3v) is 4.75. The Bertz CT molecular complexity index is 1000. The summed E-state index contributed by atoms with van der Waals surface area (Å²) < 4.78 is 10.9. The molecule has 2 N–H and O–H groups in total.